The predicted octanol–water partition coefficient (Wildman–Crippen LogP) is 3.14. The Kier molecular flexibility index (Phi) is 3.75. The monoisotopic (exact) mass is 305 g/mol. The molecule has 3 rings (SSSR count). The molecule has 0 saturated carbocycles. The second kappa shape index (κ2) is 5.68. The first-order chi connectivity index (χ1) is 9.78. The topological polar surface area (TPSA) is 56.5 Å². The lowest BCUT2D eigenvalue weighted by atomic mass is 10.2. The summed E-state index contributed by atoms with van der Waals surface area (Å²) in [5.74, 6) is 1.04. The zero-order valence-corrected chi connectivity index (χ0v) is 12.3. The minimum atomic E-state index is -0.0538. The number of hydrogen-bond donors (Lipinski definition) is 0. The maximum absolute atomic E-state index is 5.77. The summed E-state index contributed by atoms with van der Waals surface area (Å²) in [6.07, 6.45) is 0. The van der Waals surface area contributed by atoms with Crippen molar-refractivity contribution in [2.24, 2.45) is 0 Å². The highest BCUT2D eigenvalue weighted by Crippen LogP contribution is 2.22. The SMILES string of the molecule is CC(c1nc(CCl)cs1)n1nnc(-c2ccccc2)n1. The van der Waals surface area contributed by atoms with E-state index in [1.165, 1.54) is 0 Å². The largest absolute Gasteiger partial charge is 0.243 e. The van der Waals surface area contributed by atoms with Crippen LogP contribution in [0.1, 0.15) is 23.7 Å². The number of nitrogens with zero attached hydrogens (tertiary/aromatic N) is 5. The van der Waals surface area contributed by atoms with Crippen LogP contribution in [-0.4, -0.2) is 25.2 Å². The number of alkyl halides is 1. The quantitative estimate of drug-likeness (QED) is 0.695. The van der Waals surface area contributed by atoms with E-state index in [4.69, 9.17) is 11.6 Å². The van der Waals surface area contributed by atoms with E-state index in [1.807, 2.05) is 42.6 Å². The van der Waals surface area contributed by atoms with Gasteiger partial charge in [0.2, 0.25) is 5.82 Å². The minimum Gasteiger partial charge on any atom is -0.243 e. The maximum atomic E-state index is 5.77. The van der Waals surface area contributed by atoms with Gasteiger partial charge in [0.25, 0.3) is 0 Å². The summed E-state index contributed by atoms with van der Waals surface area (Å²) in [6.45, 7) is 1.99. The fourth-order valence-electron chi connectivity index (χ4n) is 1.77. The van der Waals surface area contributed by atoms with Gasteiger partial charge in [-0.1, -0.05) is 30.3 Å². The summed E-state index contributed by atoms with van der Waals surface area (Å²) in [7, 11) is 0. The average Bonchev–Trinajstić information content (AvgIpc) is 3.17. The molecule has 0 amide bonds. The molecule has 7 heteroatoms. The molecule has 20 heavy (non-hydrogen) atoms. The van der Waals surface area contributed by atoms with E-state index in [0.717, 1.165) is 16.3 Å². The summed E-state index contributed by atoms with van der Waals surface area (Å²) < 4.78 is 0. The van der Waals surface area contributed by atoms with Crippen LogP contribution in [-0.2, 0) is 5.88 Å². The molecule has 2 heterocycles. The van der Waals surface area contributed by atoms with E-state index in [2.05, 4.69) is 20.4 Å². The predicted molar refractivity (Wildman–Crippen MR) is 78.7 cm³/mol. The van der Waals surface area contributed by atoms with E-state index in [1.54, 1.807) is 16.1 Å². The van der Waals surface area contributed by atoms with Gasteiger partial charge in [0.1, 0.15) is 11.0 Å². The maximum Gasteiger partial charge on any atom is 0.204 e. The third-order valence-electron chi connectivity index (χ3n) is 2.87. The number of aromatic nitrogens is 5. The van der Waals surface area contributed by atoms with E-state index in [9.17, 15) is 0 Å². The van der Waals surface area contributed by atoms with Gasteiger partial charge in [0.05, 0.1) is 11.6 Å². The van der Waals surface area contributed by atoms with E-state index in [-0.39, 0.29) is 6.04 Å². The smallest absolute Gasteiger partial charge is 0.204 e. The number of halogens is 1. The summed E-state index contributed by atoms with van der Waals surface area (Å²) >= 11 is 7.33. The zero-order valence-electron chi connectivity index (χ0n) is 10.8. The highest BCUT2D eigenvalue weighted by atomic mass is 35.5. The van der Waals surface area contributed by atoms with Crippen molar-refractivity contribution >= 4 is 22.9 Å². The molecule has 0 saturated heterocycles. The summed E-state index contributed by atoms with van der Waals surface area (Å²) in [6, 6.07) is 9.73. The van der Waals surface area contributed by atoms with Crippen LogP contribution < -0.4 is 0 Å². The zero-order chi connectivity index (χ0) is 13.9. The van der Waals surface area contributed by atoms with E-state index < -0.39 is 0 Å². The highest BCUT2D eigenvalue weighted by molar-refractivity contribution is 7.09. The van der Waals surface area contributed by atoms with Crippen LogP contribution in [0.3, 0.4) is 0 Å². The molecule has 1 aromatic carbocycles. The number of tetrazole rings is 1. The fourth-order valence-corrected chi connectivity index (χ4v) is 2.85. The van der Waals surface area contributed by atoms with Crippen molar-refractivity contribution in [3.05, 3.63) is 46.4 Å². The molecule has 3 aromatic rings. The Labute approximate surface area is 125 Å². The van der Waals surface area contributed by atoms with Crippen molar-refractivity contribution in [2.75, 3.05) is 0 Å². The van der Waals surface area contributed by atoms with Gasteiger partial charge in [-0.25, -0.2) is 4.98 Å². The number of rotatable bonds is 4. The van der Waals surface area contributed by atoms with Crippen molar-refractivity contribution in [1.82, 2.24) is 25.2 Å². The number of hydrogen-bond acceptors (Lipinski definition) is 5. The van der Waals surface area contributed by atoms with Gasteiger partial charge >= 0.3 is 0 Å². The molecule has 2 aromatic heterocycles. The first-order valence-electron chi connectivity index (χ1n) is 6.13. The molecule has 0 aliphatic carbocycles. The Hall–Kier alpha value is -1.79. The molecule has 0 bridgehead atoms. The van der Waals surface area contributed by atoms with Crippen LogP contribution in [0.4, 0.5) is 0 Å². The molecule has 102 valence electrons. The molecule has 0 spiro atoms. The molecule has 0 fully saturated rings. The van der Waals surface area contributed by atoms with Crippen molar-refractivity contribution in [1.29, 1.82) is 0 Å². The van der Waals surface area contributed by atoms with Crippen LogP contribution in [0.5, 0.6) is 0 Å². The Morgan fingerprint density at radius 3 is 2.80 bits per heavy atom. The van der Waals surface area contributed by atoms with Crippen molar-refractivity contribution < 1.29 is 0 Å². The Morgan fingerprint density at radius 1 is 1.30 bits per heavy atom. The van der Waals surface area contributed by atoms with Gasteiger partial charge in [-0.2, -0.15) is 4.80 Å². The van der Waals surface area contributed by atoms with Gasteiger partial charge in [-0.05, 0) is 12.1 Å². The van der Waals surface area contributed by atoms with Gasteiger partial charge in [-0.3, -0.25) is 0 Å². The van der Waals surface area contributed by atoms with Crippen molar-refractivity contribution in [3.63, 3.8) is 0 Å². The van der Waals surface area contributed by atoms with Crippen LogP contribution in [0.2, 0.25) is 0 Å². The molecule has 1 atom stereocenters. The van der Waals surface area contributed by atoms with Gasteiger partial charge in [-0.15, -0.1) is 33.1 Å². The molecule has 1 unspecified atom stereocenters. The van der Waals surface area contributed by atoms with E-state index in [0.29, 0.717) is 11.7 Å². The molecule has 0 aliphatic heterocycles. The van der Waals surface area contributed by atoms with Crippen LogP contribution in [0.25, 0.3) is 11.4 Å². The lowest BCUT2D eigenvalue weighted by molar-refractivity contribution is 0.478. The second-order valence-corrected chi connectivity index (χ2v) is 5.44. The normalized spacial score (nSPS) is 12.5. The third-order valence-corrected chi connectivity index (χ3v) is 4.21. The van der Waals surface area contributed by atoms with Crippen LogP contribution >= 0.6 is 22.9 Å². The second-order valence-electron chi connectivity index (χ2n) is 4.29. The summed E-state index contributed by atoms with van der Waals surface area (Å²) in [4.78, 5) is 6.03. The lowest BCUT2D eigenvalue weighted by Gasteiger charge is -2.05. The molecule has 5 nitrogen and oxygen atoms in total. The Balaban J connectivity index is 1.86. The highest BCUT2D eigenvalue weighted by Gasteiger charge is 2.16. The fraction of sp³-hybridized carbons (Fsp3) is 0.231. The van der Waals surface area contributed by atoms with Crippen LogP contribution in [0.15, 0.2) is 35.7 Å². The number of benzene rings is 1. The van der Waals surface area contributed by atoms with Crippen molar-refractivity contribution in [3.8, 4) is 11.4 Å². The van der Waals surface area contributed by atoms with Gasteiger partial charge < -0.3 is 0 Å². The minimum absolute atomic E-state index is 0.0538. The first-order valence-corrected chi connectivity index (χ1v) is 7.54. The molecule has 0 aliphatic rings. The third kappa shape index (κ3) is 2.57. The number of thiazole rings is 1. The summed E-state index contributed by atoms with van der Waals surface area (Å²) in [5, 5.41) is 15.5. The molecule has 0 radical (unpaired) electrons. The first kappa shape index (κ1) is 13.2. The average molecular weight is 306 g/mol. The standard InChI is InChI=1S/C13H12ClN5S/c1-9(13-15-11(7-14)8-20-13)19-17-12(16-18-19)10-5-3-2-4-6-10/h2-6,8-9H,7H2,1H3. The Morgan fingerprint density at radius 2 is 2.10 bits per heavy atom. The van der Waals surface area contributed by atoms with Crippen molar-refractivity contribution in [2.45, 2.75) is 18.8 Å². The van der Waals surface area contributed by atoms with Gasteiger partial charge in [0, 0.05) is 10.9 Å². The molecule has 0 N–H and O–H groups in total. The summed E-state index contributed by atoms with van der Waals surface area (Å²) in [5.41, 5.74) is 1.83. The Bertz CT molecular complexity index is 694. The van der Waals surface area contributed by atoms with Gasteiger partial charge in [0.15, 0.2) is 0 Å². The van der Waals surface area contributed by atoms with Crippen LogP contribution in [0, 0.1) is 0 Å². The van der Waals surface area contributed by atoms with E-state index >= 15 is 0 Å². The molecular weight excluding hydrogens is 294 g/mol. The lowest BCUT2D eigenvalue weighted by Crippen LogP contribution is -2.10. The molecular formula is C13H12ClN5S.